The molecule has 1 amide bonds. The van der Waals surface area contributed by atoms with Crippen molar-refractivity contribution in [2.24, 2.45) is 0 Å². The molecular formula is C13H16N2O3S. The molecule has 0 saturated carbocycles. The van der Waals surface area contributed by atoms with E-state index in [4.69, 9.17) is 9.63 Å². The first-order valence-electron chi connectivity index (χ1n) is 6.21. The van der Waals surface area contributed by atoms with Gasteiger partial charge in [0.2, 0.25) is 0 Å². The molecule has 0 atom stereocenters. The highest BCUT2D eigenvalue weighted by Crippen LogP contribution is 2.24. The second-order valence-corrected chi connectivity index (χ2v) is 5.04. The second kappa shape index (κ2) is 7.06. The van der Waals surface area contributed by atoms with E-state index >= 15 is 0 Å². The third-order valence-electron chi connectivity index (χ3n) is 2.63. The lowest BCUT2D eigenvalue weighted by Crippen LogP contribution is -2.24. The fourth-order valence-electron chi connectivity index (χ4n) is 1.62. The molecule has 5 nitrogen and oxygen atoms in total. The molecule has 0 spiro atoms. The minimum Gasteiger partial charge on any atom is -0.396 e. The van der Waals surface area contributed by atoms with Gasteiger partial charge < -0.3 is 14.9 Å². The lowest BCUT2D eigenvalue weighted by Gasteiger charge is -2.01. The summed E-state index contributed by atoms with van der Waals surface area (Å²) in [4.78, 5) is 12.7. The Morgan fingerprint density at radius 1 is 1.42 bits per heavy atom. The van der Waals surface area contributed by atoms with Gasteiger partial charge in [0.15, 0.2) is 11.5 Å². The summed E-state index contributed by atoms with van der Waals surface area (Å²) in [7, 11) is 0. The maximum atomic E-state index is 11.8. The zero-order valence-electron chi connectivity index (χ0n) is 10.5. The fourth-order valence-corrected chi connectivity index (χ4v) is 2.30. The highest BCUT2D eigenvalue weighted by atomic mass is 32.1. The van der Waals surface area contributed by atoms with Gasteiger partial charge in [0.25, 0.3) is 5.91 Å². The maximum Gasteiger partial charge on any atom is 0.273 e. The normalized spacial score (nSPS) is 10.6. The van der Waals surface area contributed by atoms with E-state index in [1.54, 1.807) is 6.07 Å². The van der Waals surface area contributed by atoms with Crippen LogP contribution in [0.1, 0.15) is 29.8 Å². The van der Waals surface area contributed by atoms with Gasteiger partial charge in [-0.2, -0.15) is 0 Å². The fraction of sp³-hybridized carbons (Fsp3) is 0.385. The highest BCUT2D eigenvalue weighted by Gasteiger charge is 2.13. The van der Waals surface area contributed by atoms with Gasteiger partial charge in [0.1, 0.15) is 0 Å². The highest BCUT2D eigenvalue weighted by molar-refractivity contribution is 7.13. The first-order chi connectivity index (χ1) is 9.31. The van der Waals surface area contributed by atoms with Crippen LogP contribution in [-0.4, -0.2) is 29.3 Å². The summed E-state index contributed by atoms with van der Waals surface area (Å²) in [6.45, 7) is 0.779. The number of nitrogens with one attached hydrogen (secondary N) is 1. The minimum absolute atomic E-state index is 0.196. The van der Waals surface area contributed by atoms with Gasteiger partial charge in [0, 0.05) is 19.2 Å². The van der Waals surface area contributed by atoms with E-state index in [1.807, 2.05) is 17.5 Å². The van der Waals surface area contributed by atoms with Crippen LogP contribution >= 0.6 is 11.3 Å². The molecule has 2 heterocycles. The van der Waals surface area contributed by atoms with E-state index in [2.05, 4.69) is 10.5 Å². The molecule has 2 N–H and O–H groups in total. The summed E-state index contributed by atoms with van der Waals surface area (Å²) in [6, 6.07) is 5.49. The molecule has 19 heavy (non-hydrogen) atoms. The number of nitrogens with zero attached hydrogens (tertiary/aromatic N) is 1. The Bertz CT molecular complexity index is 508. The van der Waals surface area contributed by atoms with Crippen molar-refractivity contribution in [1.29, 1.82) is 0 Å². The predicted octanol–water partition coefficient (Wildman–Crippen LogP) is 2.30. The first kappa shape index (κ1) is 13.8. The predicted molar refractivity (Wildman–Crippen MR) is 73.1 cm³/mol. The van der Waals surface area contributed by atoms with Crippen molar-refractivity contribution in [1.82, 2.24) is 10.5 Å². The van der Waals surface area contributed by atoms with Crippen LogP contribution in [0.25, 0.3) is 10.6 Å². The Labute approximate surface area is 115 Å². The van der Waals surface area contributed by atoms with Crippen molar-refractivity contribution in [2.45, 2.75) is 19.3 Å². The van der Waals surface area contributed by atoms with Crippen LogP contribution in [-0.2, 0) is 0 Å². The number of thiophene rings is 1. The zero-order valence-corrected chi connectivity index (χ0v) is 11.3. The molecule has 0 unspecified atom stereocenters. The number of rotatable bonds is 7. The van der Waals surface area contributed by atoms with Gasteiger partial charge in [-0.3, -0.25) is 4.79 Å². The molecule has 0 aliphatic carbocycles. The van der Waals surface area contributed by atoms with Crippen LogP contribution in [0, 0.1) is 0 Å². The molecule has 6 heteroatoms. The molecular weight excluding hydrogens is 264 g/mol. The topological polar surface area (TPSA) is 75.4 Å². The number of amides is 1. The second-order valence-electron chi connectivity index (χ2n) is 4.09. The summed E-state index contributed by atoms with van der Waals surface area (Å²) in [5.41, 5.74) is 0.297. The lowest BCUT2D eigenvalue weighted by atomic mass is 10.2. The molecule has 0 aromatic carbocycles. The van der Waals surface area contributed by atoms with Gasteiger partial charge in [-0.05, 0) is 30.7 Å². The van der Waals surface area contributed by atoms with Gasteiger partial charge in [-0.25, -0.2) is 0 Å². The summed E-state index contributed by atoms with van der Waals surface area (Å²) in [5.74, 6) is 0.385. The van der Waals surface area contributed by atoms with Crippen molar-refractivity contribution >= 4 is 17.2 Å². The Balaban J connectivity index is 1.83. The SMILES string of the molecule is O=C(NCCCCCO)c1cc(-c2cccs2)on1. The van der Waals surface area contributed by atoms with Crippen LogP contribution in [0.4, 0.5) is 0 Å². The third-order valence-corrected chi connectivity index (χ3v) is 3.51. The molecule has 2 aromatic heterocycles. The monoisotopic (exact) mass is 280 g/mol. The summed E-state index contributed by atoms with van der Waals surface area (Å²) in [5, 5.41) is 17.1. The van der Waals surface area contributed by atoms with Crippen molar-refractivity contribution in [3.8, 4) is 10.6 Å². The van der Waals surface area contributed by atoms with Crippen molar-refractivity contribution in [3.63, 3.8) is 0 Å². The molecule has 0 aliphatic rings. The summed E-state index contributed by atoms with van der Waals surface area (Å²) >= 11 is 1.54. The van der Waals surface area contributed by atoms with E-state index in [1.165, 1.54) is 11.3 Å². The van der Waals surface area contributed by atoms with Gasteiger partial charge in [0.05, 0.1) is 4.88 Å². The molecule has 102 valence electrons. The average Bonchev–Trinajstić information content (AvgIpc) is 3.08. The minimum atomic E-state index is -0.226. The average molecular weight is 280 g/mol. The summed E-state index contributed by atoms with van der Waals surface area (Å²) < 4.78 is 5.14. The van der Waals surface area contributed by atoms with Crippen LogP contribution in [0.2, 0.25) is 0 Å². The first-order valence-corrected chi connectivity index (χ1v) is 7.09. The van der Waals surface area contributed by atoms with Crippen molar-refractivity contribution in [3.05, 3.63) is 29.3 Å². The van der Waals surface area contributed by atoms with E-state index < -0.39 is 0 Å². The zero-order chi connectivity index (χ0) is 13.5. The number of unbranched alkanes of at least 4 members (excludes halogenated alkanes) is 2. The maximum absolute atomic E-state index is 11.8. The lowest BCUT2D eigenvalue weighted by molar-refractivity contribution is 0.0944. The molecule has 0 radical (unpaired) electrons. The number of hydrogen-bond donors (Lipinski definition) is 2. The number of hydrogen-bond acceptors (Lipinski definition) is 5. The standard InChI is InChI=1S/C13H16N2O3S/c16-7-3-1-2-6-14-13(17)10-9-11(18-15-10)12-5-4-8-19-12/h4-5,8-9,16H,1-3,6-7H2,(H,14,17). The Hall–Kier alpha value is -1.66. The van der Waals surface area contributed by atoms with Gasteiger partial charge in [-0.15, -0.1) is 11.3 Å². The van der Waals surface area contributed by atoms with Crippen LogP contribution in [0.5, 0.6) is 0 Å². The van der Waals surface area contributed by atoms with E-state index in [0.717, 1.165) is 24.1 Å². The van der Waals surface area contributed by atoms with Gasteiger partial charge in [-0.1, -0.05) is 11.2 Å². The van der Waals surface area contributed by atoms with Crippen LogP contribution < -0.4 is 5.32 Å². The van der Waals surface area contributed by atoms with E-state index in [-0.39, 0.29) is 12.5 Å². The van der Waals surface area contributed by atoms with Crippen LogP contribution in [0.15, 0.2) is 28.1 Å². The third kappa shape index (κ3) is 3.90. The molecule has 0 aliphatic heterocycles. The number of aromatic nitrogens is 1. The van der Waals surface area contributed by atoms with Gasteiger partial charge >= 0.3 is 0 Å². The quantitative estimate of drug-likeness (QED) is 0.763. The molecule has 0 saturated heterocycles. The van der Waals surface area contributed by atoms with E-state index in [9.17, 15) is 4.79 Å². The number of aliphatic hydroxyl groups is 1. The summed E-state index contributed by atoms with van der Waals surface area (Å²) in [6.07, 6.45) is 2.51. The van der Waals surface area contributed by atoms with Crippen molar-refractivity contribution < 1.29 is 14.4 Å². The van der Waals surface area contributed by atoms with Crippen molar-refractivity contribution in [2.75, 3.05) is 13.2 Å². The molecule has 0 bridgehead atoms. The smallest absolute Gasteiger partial charge is 0.273 e. The van der Waals surface area contributed by atoms with E-state index in [0.29, 0.717) is 18.0 Å². The molecule has 2 rings (SSSR count). The number of carbonyl (C=O) groups is 1. The Morgan fingerprint density at radius 3 is 3.05 bits per heavy atom. The largest absolute Gasteiger partial charge is 0.396 e. The molecule has 0 fully saturated rings. The Morgan fingerprint density at radius 2 is 2.32 bits per heavy atom. The Kier molecular flexibility index (Phi) is 5.11. The number of carbonyl (C=O) groups excluding carboxylic acids is 1. The van der Waals surface area contributed by atoms with Crippen LogP contribution in [0.3, 0.4) is 0 Å². The number of aliphatic hydroxyl groups excluding tert-OH is 1. The molecule has 2 aromatic rings.